The van der Waals surface area contributed by atoms with Gasteiger partial charge in [0.15, 0.2) is 0 Å². The topological polar surface area (TPSA) is 56.1 Å². The number of fused-ring (bicyclic) bond motifs is 1. The zero-order valence-corrected chi connectivity index (χ0v) is 19.5. The molecule has 0 fully saturated rings. The molecule has 5 nitrogen and oxygen atoms in total. The number of amides is 1. The number of benzene rings is 2. The van der Waals surface area contributed by atoms with Crippen LogP contribution in [-0.4, -0.2) is 28.6 Å². The fraction of sp³-hybridized carbons (Fsp3) is 0.308. The lowest BCUT2D eigenvalue weighted by atomic mass is 10.1. The van der Waals surface area contributed by atoms with E-state index in [1.807, 2.05) is 23.6 Å². The van der Waals surface area contributed by atoms with E-state index in [1.165, 1.54) is 22.5 Å². The monoisotopic (exact) mass is 447 g/mol. The third-order valence-electron chi connectivity index (χ3n) is 5.33. The molecule has 1 amide bonds. The standard InChI is InChI=1S/C26H29N3O2S/c1-19-16-20(2)18-21(17-19)31-14-7-13-29-23-9-4-3-8-22(23)28-25(29)11-5-12-27-26(30)24-10-6-15-32-24/h3-4,6,8-10,15-18H,5,7,11-14H2,1-2H3,(H,27,30). The largest absolute Gasteiger partial charge is 0.494 e. The summed E-state index contributed by atoms with van der Waals surface area (Å²) in [6.07, 6.45) is 2.56. The molecule has 32 heavy (non-hydrogen) atoms. The van der Waals surface area contributed by atoms with Crippen molar-refractivity contribution in [3.05, 3.63) is 81.8 Å². The average Bonchev–Trinajstić information content (AvgIpc) is 3.42. The Bertz CT molecular complexity index is 1160. The summed E-state index contributed by atoms with van der Waals surface area (Å²) in [5.41, 5.74) is 4.60. The van der Waals surface area contributed by atoms with Crippen LogP contribution in [-0.2, 0) is 13.0 Å². The number of para-hydroxylation sites is 2. The van der Waals surface area contributed by atoms with Gasteiger partial charge in [0.05, 0.1) is 22.5 Å². The Morgan fingerprint density at radius 2 is 1.88 bits per heavy atom. The van der Waals surface area contributed by atoms with Crippen molar-refractivity contribution in [2.75, 3.05) is 13.2 Å². The van der Waals surface area contributed by atoms with Gasteiger partial charge in [-0.05, 0) is 73.5 Å². The summed E-state index contributed by atoms with van der Waals surface area (Å²) in [5.74, 6) is 1.99. The molecule has 0 saturated carbocycles. The van der Waals surface area contributed by atoms with Gasteiger partial charge >= 0.3 is 0 Å². The number of aromatic nitrogens is 2. The predicted molar refractivity (Wildman–Crippen MR) is 131 cm³/mol. The third kappa shape index (κ3) is 5.56. The van der Waals surface area contributed by atoms with Crippen molar-refractivity contribution in [3.63, 3.8) is 0 Å². The zero-order valence-electron chi connectivity index (χ0n) is 18.6. The van der Waals surface area contributed by atoms with Crippen LogP contribution < -0.4 is 10.1 Å². The molecule has 166 valence electrons. The lowest BCUT2D eigenvalue weighted by molar-refractivity contribution is 0.0957. The molecule has 0 aliphatic heterocycles. The van der Waals surface area contributed by atoms with Crippen LogP contribution in [0.3, 0.4) is 0 Å². The van der Waals surface area contributed by atoms with E-state index in [-0.39, 0.29) is 5.91 Å². The highest BCUT2D eigenvalue weighted by Crippen LogP contribution is 2.19. The van der Waals surface area contributed by atoms with Crippen molar-refractivity contribution >= 4 is 28.3 Å². The quantitative estimate of drug-likeness (QED) is 0.325. The minimum absolute atomic E-state index is 0.00274. The number of thiophene rings is 1. The first-order valence-corrected chi connectivity index (χ1v) is 11.9. The van der Waals surface area contributed by atoms with Crippen LogP contribution in [0.2, 0.25) is 0 Å². The smallest absolute Gasteiger partial charge is 0.261 e. The SMILES string of the molecule is Cc1cc(C)cc(OCCCn2c(CCCNC(=O)c3cccs3)nc3ccccc32)c1. The number of carbonyl (C=O) groups is 1. The Labute approximate surface area is 193 Å². The third-order valence-corrected chi connectivity index (χ3v) is 6.20. The van der Waals surface area contributed by atoms with E-state index in [1.54, 1.807) is 0 Å². The lowest BCUT2D eigenvalue weighted by Gasteiger charge is -2.11. The number of nitrogens with one attached hydrogen (secondary N) is 1. The minimum Gasteiger partial charge on any atom is -0.494 e. The molecular weight excluding hydrogens is 418 g/mol. The highest BCUT2D eigenvalue weighted by atomic mass is 32.1. The van der Waals surface area contributed by atoms with Crippen molar-refractivity contribution in [1.82, 2.24) is 14.9 Å². The first kappa shape index (κ1) is 22.1. The molecule has 2 aromatic carbocycles. The zero-order chi connectivity index (χ0) is 22.3. The first-order chi connectivity index (χ1) is 15.6. The Balaban J connectivity index is 1.34. The summed E-state index contributed by atoms with van der Waals surface area (Å²) in [5, 5.41) is 4.92. The van der Waals surface area contributed by atoms with Gasteiger partial charge in [-0.1, -0.05) is 24.3 Å². The number of imidazole rings is 1. The molecule has 0 aliphatic carbocycles. The second-order valence-electron chi connectivity index (χ2n) is 8.03. The molecule has 4 rings (SSSR count). The van der Waals surface area contributed by atoms with Crippen molar-refractivity contribution < 1.29 is 9.53 Å². The molecule has 0 spiro atoms. The van der Waals surface area contributed by atoms with Gasteiger partial charge in [0, 0.05) is 19.5 Å². The number of nitrogens with zero attached hydrogens (tertiary/aromatic N) is 2. The van der Waals surface area contributed by atoms with Crippen molar-refractivity contribution in [1.29, 1.82) is 0 Å². The molecule has 0 bridgehead atoms. The van der Waals surface area contributed by atoms with E-state index in [9.17, 15) is 4.79 Å². The Morgan fingerprint density at radius 3 is 2.66 bits per heavy atom. The Kier molecular flexibility index (Phi) is 7.22. The number of hydrogen-bond donors (Lipinski definition) is 1. The summed E-state index contributed by atoms with van der Waals surface area (Å²) in [6, 6.07) is 18.3. The van der Waals surface area contributed by atoms with Crippen LogP contribution in [0.1, 0.15) is 39.5 Å². The summed E-state index contributed by atoms with van der Waals surface area (Å²) >= 11 is 1.46. The summed E-state index contributed by atoms with van der Waals surface area (Å²) in [6.45, 7) is 6.32. The maximum Gasteiger partial charge on any atom is 0.261 e. The lowest BCUT2D eigenvalue weighted by Crippen LogP contribution is -2.24. The Hall–Kier alpha value is -3.12. The molecule has 2 heterocycles. The molecular formula is C26H29N3O2S. The van der Waals surface area contributed by atoms with Crippen LogP contribution in [0.5, 0.6) is 5.75 Å². The molecule has 0 atom stereocenters. The van der Waals surface area contributed by atoms with Gasteiger partial charge in [-0.15, -0.1) is 11.3 Å². The molecule has 1 N–H and O–H groups in total. The minimum atomic E-state index is -0.00274. The van der Waals surface area contributed by atoms with Crippen LogP contribution in [0.15, 0.2) is 60.0 Å². The van der Waals surface area contributed by atoms with Crippen LogP contribution in [0.4, 0.5) is 0 Å². The van der Waals surface area contributed by atoms with E-state index < -0.39 is 0 Å². The molecule has 2 aromatic heterocycles. The van der Waals surface area contributed by atoms with Gasteiger partial charge in [0.1, 0.15) is 11.6 Å². The molecule has 0 unspecified atom stereocenters. The number of rotatable bonds is 10. The molecule has 0 aliphatic rings. The highest BCUT2D eigenvalue weighted by Gasteiger charge is 2.11. The number of aryl methyl sites for hydroxylation is 4. The van der Waals surface area contributed by atoms with Crippen LogP contribution in [0, 0.1) is 13.8 Å². The van der Waals surface area contributed by atoms with Gasteiger partial charge < -0.3 is 14.6 Å². The molecule has 4 aromatic rings. The van der Waals surface area contributed by atoms with Crippen molar-refractivity contribution in [2.24, 2.45) is 0 Å². The molecule has 0 saturated heterocycles. The van der Waals surface area contributed by atoms with Crippen LogP contribution >= 0.6 is 11.3 Å². The van der Waals surface area contributed by atoms with Gasteiger partial charge in [-0.25, -0.2) is 4.98 Å². The van der Waals surface area contributed by atoms with Crippen molar-refractivity contribution in [2.45, 2.75) is 39.7 Å². The van der Waals surface area contributed by atoms with Crippen molar-refractivity contribution in [3.8, 4) is 5.75 Å². The average molecular weight is 448 g/mol. The fourth-order valence-corrected chi connectivity index (χ4v) is 4.58. The normalized spacial score (nSPS) is 11.1. The fourth-order valence-electron chi connectivity index (χ4n) is 3.94. The maximum atomic E-state index is 12.1. The second kappa shape index (κ2) is 10.5. The van der Waals surface area contributed by atoms with Gasteiger partial charge in [0.25, 0.3) is 5.91 Å². The molecule has 0 radical (unpaired) electrons. The van der Waals surface area contributed by atoms with Gasteiger partial charge in [-0.3, -0.25) is 4.79 Å². The number of carbonyl (C=O) groups excluding carboxylic acids is 1. The van der Waals surface area contributed by atoms with E-state index >= 15 is 0 Å². The van der Waals surface area contributed by atoms with E-state index in [0.717, 1.165) is 53.3 Å². The molecule has 6 heteroatoms. The summed E-state index contributed by atoms with van der Waals surface area (Å²) in [7, 11) is 0. The van der Waals surface area contributed by atoms with Gasteiger partial charge in [0.2, 0.25) is 0 Å². The van der Waals surface area contributed by atoms with E-state index in [4.69, 9.17) is 9.72 Å². The van der Waals surface area contributed by atoms with Crippen LogP contribution in [0.25, 0.3) is 11.0 Å². The number of ether oxygens (including phenoxy) is 1. The Morgan fingerprint density at radius 1 is 1.06 bits per heavy atom. The first-order valence-electron chi connectivity index (χ1n) is 11.1. The van der Waals surface area contributed by atoms with E-state index in [0.29, 0.717) is 13.2 Å². The van der Waals surface area contributed by atoms with Gasteiger partial charge in [-0.2, -0.15) is 0 Å². The number of hydrogen-bond acceptors (Lipinski definition) is 4. The van der Waals surface area contributed by atoms with E-state index in [2.05, 4.69) is 60.1 Å². The second-order valence-corrected chi connectivity index (χ2v) is 8.98. The summed E-state index contributed by atoms with van der Waals surface area (Å²) in [4.78, 5) is 17.7. The maximum absolute atomic E-state index is 12.1. The summed E-state index contributed by atoms with van der Waals surface area (Å²) < 4.78 is 8.29. The predicted octanol–water partition coefficient (Wildman–Crippen LogP) is 5.55. The highest BCUT2D eigenvalue weighted by molar-refractivity contribution is 7.12.